The minimum absolute atomic E-state index is 0.0371. The lowest BCUT2D eigenvalue weighted by atomic mass is 9.95. The summed E-state index contributed by atoms with van der Waals surface area (Å²) in [5.74, 6) is 0.912. The molecular formula is C18H21N5O3. The zero-order valence-electron chi connectivity index (χ0n) is 14.7. The van der Waals surface area contributed by atoms with Gasteiger partial charge in [0.2, 0.25) is 11.8 Å². The van der Waals surface area contributed by atoms with Crippen molar-refractivity contribution in [2.75, 3.05) is 26.7 Å². The van der Waals surface area contributed by atoms with Gasteiger partial charge in [-0.2, -0.15) is 4.98 Å². The van der Waals surface area contributed by atoms with Crippen molar-refractivity contribution < 1.29 is 14.1 Å². The molecule has 2 aromatic heterocycles. The Bertz CT molecular complexity index is 806. The minimum atomic E-state index is -0.236. The summed E-state index contributed by atoms with van der Waals surface area (Å²) in [6.45, 7) is 1.79. The Morgan fingerprint density at radius 3 is 2.92 bits per heavy atom. The molecule has 2 aliphatic rings. The first-order chi connectivity index (χ1) is 12.6. The molecule has 2 aromatic rings. The number of nitrogens with zero attached hydrogens (tertiary/aromatic N) is 5. The van der Waals surface area contributed by atoms with Crippen LogP contribution in [0.4, 0.5) is 0 Å². The van der Waals surface area contributed by atoms with Gasteiger partial charge in [-0.25, -0.2) is 0 Å². The van der Waals surface area contributed by atoms with Crippen LogP contribution in [0.3, 0.4) is 0 Å². The Labute approximate surface area is 151 Å². The van der Waals surface area contributed by atoms with E-state index in [-0.39, 0.29) is 23.7 Å². The first kappa shape index (κ1) is 16.7. The molecule has 2 atom stereocenters. The van der Waals surface area contributed by atoms with Crippen LogP contribution in [0.25, 0.3) is 11.6 Å². The van der Waals surface area contributed by atoms with Crippen LogP contribution in [0, 0.1) is 5.92 Å². The summed E-state index contributed by atoms with van der Waals surface area (Å²) in [7, 11) is 1.74. The van der Waals surface area contributed by atoms with E-state index < -0.39 is 0 Å². The monoisotopic (exact) mass is 355 g/mol. The number of amides is 2. The summed E-state index contributed by atoms with van der Waals surface area (Å²) in [4.78, 5) is 36.7. The Morgan fingerprint density at radius 1 is 1.31 bits per heavy atom. The van der Waals surface area contributed by atoms with Gasteiger partial charge in [-0.05, 0) is 25.0 Å². The van der Waals surface area contributed by atoms with E-state index in [1.807, 2.05) is 23.1 Å². The molecule has 0 N–H and O–H groups in total. The molecule has 4 heterocycles. The normalized spacial score (nSPS) is 23.5. The van der Waals surface area contributed by atoms with E-state index in [1.54, 1.807) is 18.1 Å². The molecule has 0 aliphatic carbocycles. The average molecular weight is 355 g/mol. The number of carbonyl (C=O) groups is 2. The van der Waals surface area contributed by atoms with Crippen LogP contribution >= 0.6 is 0 Å². The molecule has 2 amide bonds. The highest BCUT2D eigenvalue weighted by atomic mass is 16.5. The molecule has 0 spiro atoms. The molecule has 0 bridgehead atoms. The van der Waals surface area contributed by atoms with Crippen molar-refractivity contribution in [3.8, 4) is 11.6 Å². The van der Waals surface area contributed by atoms with Crippen LogP contribution in [-0.4, -0.2) is 63.4 Å². The Hall–Kier alpha value is -2.77. The number of likely N-dealkylation sites (tertiary alicyclic amines) is 2. The molecule has 2 saturated heterocycles. The van der Waals surface area contributed by atoms with Gasteiger partial charge >= 0.3 is 0 Å². The zero-order valence-corrected chi connectivity index (χ0v) is 14.7. The van der Waals surface area contributed by atoms with Gasteiger partial charge in [0.25, 0.3) is 5.89 Å². The third-order valence-corrected chi connectivity index (χ3v) is 5.11. The van der Waals surface area contributed by atoms with Gasteiger partial charge in [0.1, 0.15) is 5.69 Å². The molecule has 0 saturated carbocycles. The van der Waals surface area contributed by atoms with E-state index in [0.29, 0.717) is 43.5 Å². The second-order valence-corrected chi connectivity index (χ2v) is 6.97. The third kappa shape index (κ3) is 3.18. The highest BCUT2D eigenvalue weighted by Gasteiger charge is 2.37. The zero-order chi connectivity index (χ0) is 18.1. The number of pyridine rings is 1. The topological polar surface area (TPSA) is 92.4 Å². The summed E-state index contributed by atoms with van der Waals surface area (Å²) in [6, 6.07) is 5.52. The van der Waals surface area contributed by atoms with Crippen molar-refractivity contribution in [1.29, 1.82) is 0 Å². The Morgan fingerprint density at radius 2 is 2.19 bits per heavy atom. The second-order valence-electron chi connectivity index (χ2n) is 6.97. The number of piperidine rings is 1. The molecule has 2 aliphatic heterocycles. The van der Waals surface area contributed by atoms with Gasteiger partial charge in [-0.1, -0.05) is 11.2 Å². The lowest BCUT2D eigenvalue weighted by Crippen LogP contribution is -2.43. The van der Waals surface area contributed by atoms with Crippen molar-refractivity contribution >= 4 is 11.8 Å². The smallest absolute Gasteiger partial charge is 0.276 e. The van der Waals surface area contributed by atoms with Gasteiger partial charge in [-0.15, -0.1) is 0 Å². The van der Waals surface area contributed by atoms with Gasteiger partial charge in [0.05, 0.1) is 5.92 Å². The molecule has 0 radical (unpaired) electrons. The molecule has 26 heavy (non-hydrogen) atoms. The molecule has 0 unspecified atom stereocenters. The highest BCUT2D eigenvalue weighted by molar-refractivity contribution is 5.89. The fraction of sp³-hybridized carbons (Fsp3) is 0.500. The van der Waals surface area contributed by atoms with Gasteiger partial charge in [-0.3, -0.25) is 14.6 Å². The molecule has 4 rings (SSSR count). The predicted molar refractivity (Wildman–Crippen MR) is 91.8 cm³/mol. The molecular weight excluding hydrogens is 334 g/mol. The number of hydrogen-bond acceptors (Lipinski definition) is 6. The number of aromatic nitrogens is 3. The fourth-order valence-corrected chi connectivity index (χ4v) is 3.67. The van der Waals surface area contributed by atoms with Crippen molar-refractivity contribution in [1.82, 2.24) is 24.9 Å². The van der Waals surface area contributed by atoms with Crippen molar-refractivity contribution in [3.63, 3.8) is 0 Å². The lowest BCUT2D eigenvalue weighted by Gasteiger charge is -2.32. The number of hydrogen-bond donors (Lipinski definition) is 0. The molecule has 0 aromatic carbocycles. The lowest BCUT2D eigenvalue weighted by molar-refractivity contribution is -0.137. The maximum absolute atomic E-state index is 12.8. The standard InChI is InChI=1S/C18H21N5O3/c1-22-10-13(9-15(22)24)18(25)23-8-4-5-12(11-23)16-20-17(26-21-16)14-6-2-3-7-19-14/h2-3,6-7,12-13H,4-5,8-11H2,1H3/t12-,13+/m1/s1. The highest BCUT2D eigenvalue weighted by Crippen LogP contribution is 2.28. The average Bonchev–Trinajstić information content (AvgIpc) is 3.29. The van der Waals surface area contributed by atoms with E-state index in [0.717, 1.165) is 12.8 Å². The number of carbonyl (C=O) groups excluding carboxylic acids is 2. The maximum atomic E-state index is 12.8. The van der Waals surface area contributed by atoms with E-state index >= 15 is 0 Å². The van der Waals surface area contributed by atoms with Crippen molar-refractivity contribution in [2.24, 2.45) is 5.92 Å². The summed E-state index contributed by atoms with van der Waals surface area (Å²) in [5, 5.41) is 4.11. The molecule has 8 nitrogen and oxygen atoms in total. The van der Waals surface area contributed by atoms with Crippen LogP contribution in [0.1, 0.15) is 31.0 Å². The summed E-state index contributed by atoms with van der Waals surface area (Å²) >= 11 is 0. The van der Waals surface area contributed by atoms with E-state index in [4.69, 9.17) is 4.52 Å². The van der Waals surface area contributed by atoms with Gasteiger partial charge < -0.3 is 14.3 Å². The fourth-order valence-electron chi connectivity index (χ4n) is 3.67. The second kappa shape index (κ2) is 6.86. The Kier molecular flexibility index (Phi) is 4.40. The van der Waals surface area contributed by atoms with Gasteiger partial charge in [0, 0.05) is 45.2 Å². The Balaban J connectivity index is 1.45. The van der Waals surface area contributed by atoms with E-state index in [1.165, 1.54) is 0 Å². The quantitative estimate of drug-likeness (QED) is 0.824. The molecule has 136 valence electrons. The largest absolute Gasteiger partial charge is 0.345 e. The summed E-state index contributed by atoms with van der Waals surface area (Å²) in [6.07, 6.45) is 3.79. The van der Waals surface area contributed by atoms with Gasteiger partial charge in [0.15, 0.2) is 5.82 Å². The molecule has 8 heteroatoms. The maximum Gasteiger partial charge on any atom is 0.276 e. The van der Waals surface area contributed by atoms with Crippen LogP contribution in [-0.2, 0) is 9.59 Å². The van der Waals surface area contributed by atoms with Crippen LogP contribution < -0.4 is 0 Å². The minimum Gasteiger partial charge on any atom is -0.345 e. The molecule has 2 fully saturated rings. The summed E-state index contributed by atoms with van der Waals surface area (Å²) in [5.41, 5.74) is 0.641. The summed E-state index contributed by atoms with van der Waals surface area (Å²) < 4.78 is 5.35. The van der Waals surface area contributed by atoms with Crippen molar-refractivity contribution in [3.05, 3.63) is 30.2 Å². The first-order valence-electron chi connectivity index (χ1n) is 8.89. The number of rotatable bonds is 3. The van der Waals surface area contributed by atoms with E-state index in [9.17, 15) is 9.59 Å². The third-order valence-electron chi connectivity index (χ3n) is 5.11. The van der Waals surface area contributed by atoms with Crippen molar-refractivity contribution in [2.45, 2.75) is 25.2 Å². The predicted octanol–water partition coefficient (Wildman–Crippen LogP) is 1.32. The van der Waals surface area contributed by atoms with Crippen LogP contribution in [0.15, 0.2) is 28.9 Å². The first-order valence-corrected chi connectivity index (χ1v) is 8.89. The SMILES string of the molecule is CN1C[C@@H](C(=O)N2CCC[C@@H](c3noc(-c4ccccn4)n3)C2)CC1=O. The van der Waals surface area contributed by atoms with Crippen LogP contribution in [0.2, 0.25) is 0 Å². The van der Waals surface area contributed by atoms with Crippen LogP contribution in [0.5, 0.6) is 0 Å². The van der Waals surface area contributed by atoms with E-state index in [2.05, 4.69) is 15.1 Å².